The number of methoxy groups -OCH3 is 1. The fourth-order valence-electron chi connectivity index (χ4n) is 2.10. The molecule has 0 saturated carbocycles. The number of carboxylic acid groups (broad SMARTS) is 1. The van der Waals surface area contributed by atoms with Gasteiger partial charge in [-0.3, -0.25) is 4.79 Å². The number of nitrogens with zero attached hydrogens (tertiary/aromatic N) is 1. The lowest BCUT2D eigenvalue weighted by atomic mass is 10.1. The first-order valence-corrected chi connectivity index (χ1v) is 7.18. The number of aliphatic carboxylic acids is 1. The SMILES string of the molecule is C=CCN(CC=C)c1ccc(CNCCC(=O)O)cc1OC. The van der Waals surface area contributed by atoms with Crippen molar-refractivity contribution in [2.45, 2.75) is 13.0 Å². The van der Waals surface area contributed by atoms with Crippen molar-refractivity contribution in [1.29, 1.82) is 0 Å². The molecule has 1 rings (SSSR count). The molecule has 0 amide bonds. The van der Waals surface area contributed by atoms with Crippen molar-refractivity contribution < 1.29 is 14.6 Å². The molecule has 0 spiro atoms. The lowest BCUT2D eigenvalue weighted by Crippen LogP contribution is -2.24. The smallest absolute Gasteiger partial charge is 0.304 e. The minimum absolute atomic E-state index is 0.113. The molecule has 120 valence electrons. The van der Waals surface area contributed by atoms with Gasteiger partial charge >= 0.3 is 5.97 Å². The van der Waals surface area contributed by atoms with Gasteiger partial charge in [0, 0.05) is 26.2 Å². The van der Waals surface area contributed by atoms with Gasteiger partial charge in [-0.1, -0.05) is 18.2 Å². The van der Waals surface area contributed by atoms with Gasteiger partial charge in [-0.25, -0.2) is 0 Å². The predicted molar refractivity (Wildman–Crippen MR) is 89.6 cm³/mol. The Morgan fingerprint density at radius 3 is 2.59 bits per heavy atom. The van der Waals surface area contributed by atoms with Gasteiger partial charge < -0.3 is 20.1 Å². The highest BCUT2D eigenvalue weighted by molar-refractivity contribution is 5.66. The molecule has 0 fully saturated rings. The second kappa shape index (κ2) is 9.63. The summed E-state index contributed by atoms with van der Waals surface area (Å²) < 4.78 is 5.47. The van der Waals surface area contributed by atoms with Crippen LogP contribution >= 0.6 is 0 Å². The van der Waals surface area contributed by atoms with Crippen LogP contribution in [0.2, 0.25) is 0 Å². The Morgan fingerprint density at radius 2 is 2.05 bits per heavy atom. The molecule has 0 heterocycles. The van der Waals surface area contributed by atoms with Crippen molar-refractivity contribution in [3.8, 4) is 5.75 Å². The average Bonchev–Trinajstić information content (AvgIpc) is 2.51. The van der Waals surface area contributed by atoms with Crippen molar-refractivity contribution in [3.05, 3.63) is 49.1 Å². The van der Waals surface area contributed by atoms with Crippen LogP contribution in [0.15, 0.2) is 43.5 Å². The summed E-state index contributed by atoms with van der Waals surface area (Å²) in [4.78, 5) is 12.6. The molecule has 0 saturated heterocycles. The number of benzene rings is 1. The molecule has 0 radical (unpaired) electrons. The molecule has 0 aliphatic carbocycles. The minimum Gasteiger partial charge on any atom is -0.495 e. The maximum absolute atomic E-state index is 10.5. The zero-order chi connectivity index (χ0) is 16.4. The molecule has 22 heavy (non-hydrogen) atoms. The maximum atomic E-state index is 10.5. The van der Waals surface area contributed by atoms with Gasteiger partial charge in [-0.05, 0) is 17.7 Å². The van der Waals surface area contributed by atoms with E-state index in [0.29, 0.717) is 26.2 Å². The third-order valence-electron chi connectivity index (χ3n) is 3.13. The Hall–Kier alpha value is -2.27. The Bertz CT molecular complexity index is 505. The molecular weight excluding hydrogens is 280 g/mol. The fourth-order valence-corrected chi connectivity index (χ4v) is 2.10. The standard InChI is InChI=1S/C17H24N2O3/c1-4-10-19(11-5-2)15-7-6-14(12-16(15)22-3)13-18-9-8-17(20)21/h4-7,12,18H,1-2,8-11,13H2,3H3,(H,20,21). The molecule has 0 aliphatic rings. The van der Waals surface area contributed by atoms with Gasteiger partial charge in [0.05, 0.1) is 19.2 Å². The first-order chi connectivity index (χ1) is 10.6. The van der Waals surface area contributed by atoms with Crippen LogP contribution in [-0.2, 0) is 11.3 Å². The number of ether oxygens (including phenoxy) is 1. The van der Waals surface area contributed by atoms with Crippen LogP contribution in [0.5, 0.6) is 5.75 Å². The van der Waals surface area contributed by atoms with Crippen LogP contribution in [0.1, 0.15) is 12.0 Å². The molecule has 5 nitrogen and oxygen atoms in total. The Kier molecular flexibility index (Phi) is 7.78. The molecule has 5 heteroatoms. The summed E-state index contributed by atoms with van der Waals surface area (Å²) in [6.07, 6.45) is 3.79. The summed E-state index contributed by atoms with van der Waals surface area (Å²) in [5.74, 6) is -0.0221. The quantitative estimate of drug-likeness (QED) is 0.486. The van der Waals surface area contributed by atoms with E-state index < -0.39 is 5.97 Å². The molecule has 1 aromatic carbocycles. The van der Waals surface area contributed by atoms with Gasteiger partial charge in [0.15, 0.2) is 0 Å². The maximum Gasteiger partial charge on any atom is 0.304 e. The number of carboxylic acids is 1. The van der Waals surface area contributed by atoms with E-state index >= 15 is 0 Å². The minimum atomic E-state index is -0.801. The Balaban J connectivity index is 2.78. The van der Waals surface area contributed by atoms with Gasteiger partial charge in [-0.2, -0.15) is 0 Å². The molecule has 0 unspecified atom stereocenters. The number of nitrogens with one attached hydrogen (secondary N) is 1. The van der Waals surface area contributed by atoms with Crippen LogP contribution in [0.3, 0.4) is 0 Å². The lowest BCUT2D eigenvalue weighted by molar-refractivity contribution is -0.136. The van der Waals surface area contributed by atoms with E-state index in [-0.39, 0.29) is 6.42 Å². The Morgan fingerprint density at radius 1 is 1.36 bits per heavy atom. The monoisotopic (exact) mass is 304 g/mol. The summed E-state index contributed by atoms with van der Waals surface area (Å²) in [7, 11) is 1.64. The van der Waals surface area contributed by atoms with Crippen LogP contribution in [0.4, 0.5) is 5.69 Å². The first-order valence-electron chi connectivity index (χ1n) is 7.18. The summed E-state index contributed by atoms with van der Waals surface area (Å²) >= 11 is 0. The predicted octanol–water partition coefficient (Wildman–Crippen LogP) is 2.44. The highest BCUT2D eigenvalue weighted by atomic mass is 16.5. The molecular formula is C17H24N2O3. The van der Waals surface area contributed by atoms with Crippen LogP contribution in [-0.4, -0.2) is 37.8 Å². The van der Waals surface area contributed by atoms with Gasteiger partial charge in [-0.15, -0.1) is 13.2 Å². The summed E-state index contributed by atoms with van der Waals surface area (Å²) in [6.45, 7) is 10.0. The Labute approximate surface area is 131 Å². The van der Waals surface area contributed by atoms with E-state index in [1.807, 2.05) is 30.4 Å². The third-order valence-corrected chi connectivity index (χ3v) is 3.13. The van der Waals surface area contributed by atoms with Gasteiger partial charge in [0.25, 0.3) is 0 Å². The molecule has 2 N–H and O–H groups in total. The number of rotatable bonds is 11. The zero-order valence-electron chi connectivity index (χ0n) is 13.0. The fraction of sp³-hybridized carbons (Fsp3) is 0.353. The summed E-state index contributed by atoms with van der Waals surface area (Å²) in [6, 6.07) is 5.97. The summed E-state index contributed by atoms with van der Waals surface area (Å²) in [5, 5.41) is 11.7. The first kappa shape index (κ1) is 17.8. The van der Waals surface area contributed by atoms with Gasteiger partial charge in [0.2, 0.25) is 0 Å². The van der Waals surface area contributed by atoms with Crippen molar-refractivity contribution in [3.63, 3.8) is 0 Å². The normalized spacial score (nSPS) is 10.0. The highest BCUT2D eigenvalue weighted by Gasteiger charge is 2.10. The number of hydrogen-bond donors (Lipinski definition) is 2. The topological polar surface area (TPSA) is 61.8 Å². The van der Waals surface area contributed by atoms with Crippen molar-refractivity contribution in [2.75, 3.05) is 31.6 Å². The number of anilines is 1. The molecule has 0 atom stereocenters. The second-order valence-electron chi connectivity index (χ2n) is 4.81. The van der Waals surface area contributed by atoms with E-state index in [9.17, 15) is 4.79 Å². The number of carbonyl (C=O) groups is 1. The van der Waals surface area contributed by atoms with E-state index in [2.05, 4.69) is 23.4 Å². The highest BCUT2D eigenvalue weighted by Crippen LogP contribution is 2.29. The van der Waals surface area contributed by atoms with Crippen molar-refractivity contribution >= 4 is 11.7 Å². The second-order valence-corrected chi connectivity index (χ2v) is 4.81. The molecule has 0 aliphatic heterocycles. The third kappa shape index (κ3) is 5.61. The van der Waals surface area contributed by atoms with E-state index in [4.69, 9.17) is 9.84 Å². The van der Waals surface area contributed by atoms with E-state index in [1.54, 1.807) is 7.11 Å². The van der Waals surface area contributed by atoms with E-state index in [0.717, 1.165) is 17.0 Å². The van der Waals surface area contributed by atoms with E-state index in [1.165, 1.54) is 0 Å². The van der Waals surface area contributed by atoms with Crippen LogP contribution < -0.4 is 15.0 Å². The van der Waals surface area contributed by atoms with Crippen molar-refractivity contribution in [2.24, 2.45) is 0 Å². The average molecular weight is 304 g/mol. The molecule has 0 bridgehead atoms. The lowest BCUT2D eigenvalue weighted by Gasteiger charge is -2.24. The van der Waals surface area contributed by atoms with Crippen LogP contribution in [0, 0.1) is 0 Å². The number of hydrogen-bond acceptors (Lipinski definition) is 4. The van der Waals surface area contributed by atoms with Gasteiger partial charge in [0.1, 0.15) is 5.75 Å². The largest absolute Gasteiger partial charge is 0.495 e. The molecule has 0 aromatic heterocycles. The summed E-state index contributed by atoms with van der Waals surface area (Å²) in [5.41, 5.74) is 2.03. The molecule has 1 aromatic rings. The van der Waals surface area contributed by atoms with Crippen LogP contribution in [0.25, 0.3) is 0 Å². The zero-order valence-corrected chi connectivity index (χ0v) is 13.0. The van der Waals surface area contributed by atoms with Crippen molar-refractivity contribution in [1.82, 2.24) is 5.32 Å².